The fourth-order valence-corrected chi connectivity index (χ4v) is 3.10. The molecule has 174 valence electrons. The van der Waals surface area contributed by atoms with Gasteiger partial charge in [-0.05, 0) is 30.3 Å². The fourth-order valence-electron chi connectivity index (χ4n) is 3.10. The van der Waals surface area contributed by atoms with Gasteiger partial charge >= 0.3 is 12.2 Å². The molecule has 0 radical (unpaired) electrons. The number of nitrogens with one attached hydrogen (secondary N) is 2. The summed E-state index contributed by atoms with van der Waals surface area (Å²) in [5.74, 6) is 0. The van der Waals surface area contributed by atoms with Crippen molar-refractivity contribution in [3.63, 3.8) is 0 Å². The zero-order valence-corrected chi connectivity index (χ0v) is 17.7. The summed E-state index contributed by atoms with van der Waals surface area (Å²) in [6.45, 7) is -1.11. The quantitative estimate of drug-likeness (QED) is 0.306. The smallest absolute Gasteiger partial charge is 0.391 e. The molecule has 0 aliphatic carbocycles. The lowest BCUT2D eigenvalue weighted by Gasteiger charge is -2.10. The van der Waals surface area contributed by atoms with Crippen LogP contribution in [0.3, 0.4) is 0 Å². The molecule has 2 amide bonds. The van der Waals surface area contributed by atoms with Crippen LogP contribution < -0.4 is 10.6 Å². The highest BCUT2D eigenvalue weighted by atomic mass is 19.4. The summed E-state index contributed by atoms with van der Waals surface area (Å²) >= 11 is 0. The predicted octanol–water partition coefficient (Wildman–Crippen LogP) is 4.63. The van der Waals surface area contributed by atoms with Gasteiger partial charge in [-0.1, -0.05) is 23.4 Å². The number of rotatable bonds is 7. The molecule has 0 saturated carbocycles. The highest BCUT2D eigenvalue weighted by Crippen LogP contribution is 2.24. The van der Waals surface area contributed by atoms with Gasteiger partial charge in [-0.3, -0.25) is 9.38 Å². The number of nitrogens with zero attached hydrogens (tertiary/aromatic N) is 4. The molecule has 3 heterocycles. The summed E-state index contributed by atoms with van der Waals surface area (Å²) in [6, 6.07) is 13.2. The number of hydrogen-bond acceptors (Lipinski definition) is 5. The molecule has 8 nitrogen and oxygen atoms in total. The Labute approximate surface area is 192 Å². The Hall–Kier alpha value is -4.41. The number of fused-ring (bicyclic) bond motifs is 1. The Morgan fingerprint density at radius 2 is 2.03 bits per heavy atom. The lowest BCUT2D eigenvalue weighted by molar-refractivity contribution is -0.122. The Bertz CT molecular complexity index is 1310. The number of amides is 2. The van der Waals surface area contributed by atoms with Gasteiger partial charge in [-0.15, -0.1) is 0 Å². The van der Waals surface area contributed by atoms with Crippen LogP contribution in [0.1, 0.15) is 11.1 Å². The van der Waals surface area contributed by atoms with Crippen molar-refractivity contribution in [2.45, 2.75) is 12.8 Å². The number of anilines is 1. The molecule has 1 aromatic carbocycles. The first kappa shape index (κ1) is 22.8. The number of aromatic nitrogens is 3. The molecule has 0 unspecified atom stereocenters. The first-order valence-electron chi connectivity index (χ1n) is 10.1. The molecule has 0 atom stereocenters. The number of pyridine rings is 2. The SMILES string of the molecule is O=C(NCC(F)(F)F)Nc1cccc(-c2cnc3cc(C=NOCc4cccnc4)ccn23)c1. The zero-order chi connectivity index (χ0) is 24.0. The summed E-state index contributed by atoms with van der Waals surface area (Å²) in [5, 5.41) is 8.14. The molecule has 11 heteroatoms. The maximum atomic E-state index is 12.3. The predicted molar refractivity (Wildman–Crippen MR) is 120 cm³/mol. The van der Waals surface area contributed by atoms with Gasteiger partial charge in [0.2, 0.25) is 0 Å². The van der Waals surface area contributed by atoms with Crippen LogP contribution in [0.5, 0.6) is 0 Å². The number of carbonyl (C=O) groups excluding carboxylic acids is 1. The molecule has 0 spiro atoms. The number of halogens is 3. The molecule has 2 N–H and O–H groups in total. The van der Waals surface area contributed by atoms with Gasteiger partial charge in [0, 0.05) is 41.0 Å². The summed E-state index contributed by atoms with van der Waals surface area (Å²) in [5.41, 5.74) is 4.16. The average Bonchev–Trinajstić information content (AvgIpc) is 3.24. The number of urea groups is 1. The molecule has 3 aromatic heterocycles. The Balaban J connectivity index is 1.43. The molecular weight excluding hydrogens is 449 g/mol. The van der Waals surface area contributed by atoms with Crippen molar-refractivity contribution < 1.29 is 22.8 Å². The summed E-state index contributed by atoms with van der Waals surface area (Å²) < 4.78 is 38.7. The van der Waals surface area contributed by atoms with E-state index in [0.717, 1.165) is 22.4 Å². The van der Waals surface area contributed by atoms with Gasteiger partial charge in [0.1, 0.15) is 18.8 Å². The number of benzene rings is 1. The second-order valence-corrected chi connectivity index (χ2v) is 7.20. The first-order chi connectivity index (χ1) is 16.4. The van der Waals surface area contributed by atoms with Crippen molar-refractivity contribution in [2.75, 3.05) is 11.9 Å². The van der Waals surface area contributed by atoms with Crippen LogP contribution in [0.4, 0.5) is 23.7 Å². The number of carbonyl (C=O) groups is 1. The highest BCUT2D eigenvalue weighted by Gasteiger charge is 2.27. The Morgan fingerprint density at radius 3 is 2.82 bits per heavy atom. The molecule has 0 fully saturated rings. The number of alkyl halides is 3. The van der Waals surface area contributed by atoms with Crippen LogP contribution in [0.15, 0.2) is 78.5 Å². The van der Waals surface area contributed by atoms with E-state index in [2.05, 4.69) is 20.4 Å². The third-order valence-corrected chi connectivity index (χ3v) is 4.63. The van der Waals surface area contributed by atoms with Gasteiger partial charge < -0.3 is 15.5 Å². The van der Waals surface area contributed by atoms with Crippen molar-refractivity contribution in [3.05, 3.63) is 84.4 Å². The minimum atomic E-state index is -4.48. The van der Waals surface area contributed by atoms with E-state index in [4.69, 9.17) is 4.84 Å². The largest absolute Gasteiger partial charge is 0.405 e. The van der Waals surface area contributed by atoms with Crippen molar-refractivity contribution >= 4 is 23.6 Å². The van der Waals surface area contributed by atoms with Crippen molar-refractivity contribution in [1.82, 2.24) is 19.7 Å². The van der Waals surface area contributed by atoms with E-state index in [9.17, 15) is 18.0 Å². The molecule has 34 heavy (non-hydrogen) atoms. The molecule has 0 saturated heterocycles. The molecule has 0 aliphatic rings. The number of oxime groups is 1. The van der Waals surface area contributed by atoms with E-state index in [0.29, 0.717) is 17.9 Å². The van der Waals surface area contributed by atoms with Gasteiger partial charge in [-0.2, -0.15) is 13.2 Å². The van der Waals surface area contributed by atoms with Crippen LogP contribution in [0, 0.1) is 0 Å². The van der Waals surface area contributed by atoms with E-state index >= 15 is 0 Å². The molecular formula is C23H19F3N6O2. The normalized spacial score (nSPS) is 11.6. The Kier molecular flexibility index (Phi) is 6.72. The van der Waals surface area contributed by atoms with E-state index in [1.807, 2.05) is 40.9 Å². The monoisotopic (exact) mass is 468 g/mol. The van der Waals surface area contributed by atoms with Crippen molar-refractivity contribution in [3.8, 4) is 11.3 Å². The van der Waals surface area contributed by atoms with Gasteiger partial charge in [-0.25, -0.2) is 9.78 Å². The maximum Gasteiger partial charge on any atom is 0.405 e. The van der Waals surface area contributed by atoms with Crippen LogP contribution in [0.25, 0.3) is 16.9 Å². The summed E-state index contributed by atoms with van der Waals surface area (Å²) in [4.78, 5) is 25.4. The topological polar surface area (TPSA) is 92.9 Å². The third kappa shape index (κ3) is 6.09. The van der Waals surface area contributed by atoms with Crippen LogP contribution in [0.2, 0.25) is 0 Å². The molecule has 0 bridgehead atoms. The van der Waals surface area contributed by atoms with Crippen molar-refractivity contribution in [2.24, 2.45) is 5.16 Å². The minimum Gasteiger partial charge on any atom is -0.391 e. The molecule has 4 aromatic rings. The minimum absolute atomic E-state index is 0.304. The highest BCUT2D eigenvalue weighted by molar-refractivity contribution is 5.90. The lowest BCUT2D eigenvalue weighted by Crippen LogP contribution is -2.36. The first-order valence-corrected chi connectivity index (χ1v) is 10.1. The fraction of sp³-hybridized carbons (Fsp3) is 0.130. The third-order valence-electron chi connectivity index (χ3n) is 4.63. The molecule has 0 aliphatic heterocycles. The van der Waals surface area contributed by atoms with Gasteiger partial charge in [0.25, 0.3) is 0 Å². The van der Waals surface area contributed by atoms with Crippen LogP contribution in [-0.2, 0) is 11.4 Å². The van der Waals surface area contributed by atoms with Crippen LogP contribution >= 0.6 is 0 Å². The number of imidazole rings is 1. The van der Waals surface area contributed by atoms with E-state index in [1.54, 1.807) is 48.3 Å². The van der Waals surface area contributed by atoms with E-state index < -0.39 is 18.8 Å². The Morgan fingerprint density at radius 1 is 1.15 bits per heavy atom. The van der Waals surface area contributed by atoms with Crippen molar-refractivity contribution in [1.29, 1.82) is 0 Å². The van der Waals surface area contributed by atoms with E-state index in [1.165, 1.54) is 0 Å². The maximum absolute atomic E-state index is 12.3. The standard InChI is InChI=1S/C23H19F3N6O2/c24-23(25,26)15-29-22(33)31-19-5-1-4-18(10-19)20-13-28-21-9-16(6-8-32(20)21)12-30-34-14-17-3-2-7-27-11-17/h1-13H,14-15H2,(H2,29,31,33). The van der Waals surface area contributed by atoms with Gasteiger partial charge in [0.15, 0.2) is 0 Å². The van der Waals surface area contributed by atoms with Gasteiger partial charge in [0.05, 0.1) is 18.1 Å². The van der Waals surface area contributed by atoms with E-state index in [-0.39, 0.29) is 0 Å². The zero-order valence-electron chi connectivity index (χ0n) is 17.7. The lowest BCUT2D eigenvalue weighted by atomic mass is 10.1. The molecule has 4 rings (SSSR count). The summed E-state index contributed by atoms with van der Waals surface area (Å²) in [7, 11) is 0. The summed E-state index contributed by atoms with van der Waals surface area (Å²) in [6.07, 6.45) is 3.96. The second kappa shape index (κ2) is 10.0. The average molecular weight is 468 g/mol. The second-order valence-electron chi connectivity index (χ2n) is 7.20. The number of hydrogen-bond donors (Lipinski definition) is 2. The van der Waals surface area contributed by atoms with Crippen LogP contribution in [-0.4, -0.2) is 39.3 Å².